The highest BCUT2D eigenvalue weighted by Gasteiger charge is 2.22. The number of likely N-dealkylation sites (tertiary alicyclic amines) is 1. The van der Waals surface area contributed by atoms with Crippen LogP contribution in [0.3, 0.4) is 0 Å². The maximum Gasteiger partial charge on any atom is 0.259 e. The van der Waals surface area contributed by atoms with Gasteiger partial charge in [0, 0.05) is 18.1 Å². The van der Waals surface area contributed by atoms with Crippen LogP contribution in [0.1, 0.15) is 35.4 Å². The van der Waals surface area contributed by atoms with Gasteiger partial charge in [-0.2, -0.15) is 0 Å². The molecule has 0 spiro atoms. The molecule has 4 aromatic rings. The van der Waals surface area contributed by atoms with E-state index in [0.29, 0.717) is 35.3 Å². The Bertz CT molecular complexity index is 1490. The van der Waals surface area contributed by atoms with Crippen LogP contribution in [0.2, 0.25) is 0 Å². The van der Waals surface area contributed by atoms with Gasteiger partial charge < -0.3 is 21.4 Å². The number of aromatic nitrogens is 3. The first-order valence-corrected chi connectivity index (χ1v) is 12.5. The molecule has 0 unspecified atom stereocenters. The Balaban J connectivity index is 1.40. The van der Waals surface area contributed by atoms with E-state index in [4.69, 9.17) is 10.7 Å². The van der Waals surface area contributed by atoms with Crippen LogP contribution in [0, 0.1) is 13.8 Å². The summed E-state index contributed by atoms with van der Waals surface area (Å²) in [5.41, 5.74) is 9.55. The number of piperidine rings is 1. The number of hydrogen-bond donors (Lipinski definition) is 4. The summed E-state index contributed by atoms with van der Waals surface area (Å²) < 4.78 is 0. The summed E-state index contributed by atoms with van der Waals surface area (Å²) in [6.07, 6.45) is 5.40. The number of nitrogens with two attached hydrogens (primary N) is 1. The van der Waals surface area contributed by atoms with Gasteiger partial charge in [0.25, 0.3) is 5.56 Å². The van der Waals surface area contributed by atoms with Crippen molar-refractivity contribution in [2.75, 3.05) is 30.3 Å². The maximum absolute atomic E-state index is 12.7. The van der Waals surface area contributed by atoms with Gasteiger partial charge in [-0.3, -0.25) is 14.5 Å². The van der Waals surface area contributed by atoms with Crippen LogP contribution in [0.25, 0.3) is 10.8 Å². The molecule has 9 nitrogen and oxygen atoms in total. The number of fused-ring (bicyclic) bond motifs is 1. The molecule has 37 heavy (non-hydrogen) atoms. The molecule has 0 atom stereocenters. The minimum absolute atomic E-state index is 0.205. The Hall–Kier alpha value is -4.24. The van der Waals surface area contributed by atoms with Crippen molar-refractivity contribution in [3.05, 3.63) is 81.9 Å². The molecule has 0 saturated carbocycles. The second-order valence-corrected chi connectivity index (χ2v) is 9.69. The zero-order chi connectivity index (χ0) is 25.9. The van der Waals surface area contributed by atoms with Crippen LogP contribution in [-0.2, 0) is 4.79 Å². The number of pyridine rings is 3. The van der Waals surface area contributed by atoms with E-state index in [0.717, 1.165) is 42.6 Å². The second kappa shape index (κ2) is 10.4. The number of H-pyrrole nitrogens is 1. The molecule has 190 valence electrons. The third-order valence-corrected chi connectivity index (χ3v) is 6.86. The summed E-state index contributed by atoms with van der Waals surface area (Å²) >= 11 is 0. The van der Waals surface area contributed by atoms with Gasteiger partial charge in [0.2, 0.25) is 5.91 Å². The summed E-state index contributed by atoms with van der Waals surface area (Å²) in [4.78, 5) is 37.9. The fourth-order valence-corrected chi connectivity index (χ4v) is 5.01. The molecular weight excluding hydrogens is 466 g/mol. The summed E-state index contributed by atoms with van der Waals surface area (Å²) in [6, 6.07) is 13.9. The van der Waals surface area contributed by atoms with E-state index >= 15 is 0 Å². The molecular formula is C28H31N7O2. The molecule has 1 saturated heterocycles. The molecule has 0 aliphatic carbocycles. The molecule has 1 aromatic carbocycles. The minimum atomic E-state index is -0.278. The first-order valence-electron chi connectivity index (χ1n) is 12.5. The van der Waals surface area contributed by atoms with Crippen LogP contribution >= 0.6 is 0 Å². The van der Waals surface area contributed by atoms with Gasteiger partial charge in [-0.25, -0.2) is 9.97 Å². The van der Waals surface area contributed by atoms with Crippen LogP contribution in [-0.4, -0.2) is 45.4 Å². The highest BCUT2D eigenvalue weighted by atomic mass is 16.1. The number of aromatic amines is 1. The SMILES string of the molecule is Cc1ccc(Nc2cc3cc[nH]c(=O)c3c(Nc3ccc(C4CCN(CC(N)=O)CC4)c(C)c3)n2)nc1. The zero-order valence-corrected chi connectivity index (χ0v) is 21.0. The average molecular weight is 498 g/mol. The Morgan fingerprint density at radius 2 is 1.89 bits per heavy atom. The number of hydrogen-bond acceptors (Lipinski definition) is 7. The number of primary amides is 1. The standard InChI is InChI=1S/C28H31N7O2/c1-17-3-6-24(31-15-17)33-25-14-20-7-10-30-28(37)26(20)27(34-25)32-21-4-5-22(18(2)13-21)19-8-11-35(12-9-19)16-23(29)36/h3-7,10,13-15,19H,8-9,11-12,16H2,1-2H3,(H2,29,36)(H,30,37)(H2,31,32,33,34). The fourth-order valence-electron chi connectivity index (χ4n) is 5.01. The number of amides is 1. The van der Waals surface area contributed by atoms with Crippen molar-refractivity contribution in [1.29, 1.82) is 0 Å². The predicted molar refractivity (Wildman–Crippen MR) is 147 cm³/mol. The number of carbonyl (C=O) groups excluding carboxylic acids is 1. The molecule has 9 heteroatoms. The average Bonchev–Trinajstić information content (AvgIpc) is 2.86. The fraction of sp³-hybridized carbons (Fsp3) is 0.286. The highest BCUT2D eigenvalue weighted by Crippen LogP contribution is 2.33. The maximum atomic E-state index is 12.7. The van der Waals surface area contributed by atoms with Gasteiger partial charge in [-0.05, 0) is 98.1 Å². The van der Waals surface area contributed by atoms with Crippen molar-refractivity contribution in [3.8, 4) is 0 Å². The van der Waals surface area contributed by atoms with Gasteiger partial charge in [0.15, 0.2) is 0 Å². The number of rotatable bonds is 7. The van der Waals surface area contributed by atoms with E-state index in [1.165, 1.54) is 11.1 Å². The molecule has 4 heterocycles. The van der Waals surface area contributed by atoms with E-state index in [2.05, 4.69) is 44.6 Å². The lowest BCUT2D eigenvalue weighted by molar-refractivity contribution is -0.119. The topological polar surface area (TPSA) is 129 Å². The lowest BCUT2D eigenvalue weighted by Crippen LogP contribution is -2.39. The van der Waals surface area contributed by atoms with E-state index in [1.807, 2.05) is 37.3 Å². The van der Waals surface area contributed by atoms with E-state index in [9.17, 15) is 9.59 Å². The van der Waals surface area contributed by atoms with Crippen molar-refractivity contribution in [1.82, 2.24) is 19.9 Å². The number of anilines is 4. The molecule has 1 fully saturated rings. The molecule has 5 rings (SSSR count). The Morgan fingerprint density at radius 1 is 1.08 bits per heavy atom. The molecule has 0 radical (unpaired) electrons. The smallest absolute Gasteiger partial charge is 0.259 e. The first kappa shape index (κ1) is 24.5. The molecule has 1 amide bonds. The molecule has 3 aromatic heterocycles. The van der Waals surface area contributed by atoms with E-state index in [-0.39, 0.29) is 11.5 Å². The third kappa shape index (κ3) is 5.62. The molecule has 5 N–H and O–H groups in total. The summed E-state index contributed by atoms with van der Waals surface area (Å²) in [6.45, 7) is 6.14. The summed E-state index contributed by atoms with van der Waals surface area (Å²) in [5.74, 6) is 1.90. The third-order valence-electron chi connectivity index (χ3n) is 6.86. The van der Waals surface area contributed by atoms with Crippen LogP contribution < -0.4 is 21.9 Å². The van der Waals surface area contributed by atoms with Crippen LogP contribution in [0.5, 0.6) is 0 Å². The van der Waals surface area contributed by atoms with E-state index in [1.54, 1.807) is 12.4 Å². The lowest BCUT2D eigenvalue weighted by atomic mass is 9.86. The number of carbonyl (C=O) groups is 1. The number of aryl methyl sites for hydroxylation is 2. The Kier molecular flexibility index (Phi) is 6.87. The van der Waals surface area contributed by atoms with Crippen LogP contribution in [0.15, 0.2) is 59.7 Å². The van der Waals surface area contributed by atoms with Gasteiger partial charge in [0.1, 0.15) is 17.5 Å². The van der Waals surface area contributed by atoms with Crippen molar-refractivity contribution < 1.29 is 4.79 Å². The van der Waals surface area contributed by atoms with Crippen molar-refractivity contribution >= 4 is 39.8 Å². The predicted octanol–water partition coefficient (Wildman–Crippen LogP) is 4.09. The Morgan fingerprint density at radius 3 is 2.59 bits per heavy atom. The number of nitrogens with one attached hydrogen (secondary N) is 3. The normalized spacial score (nSPS) is 14.5. The second-order valence-electron chi connectivity index (χ2n) is 9.69. The lowest BCUT2D eigenvalue weighted by Gasteiger charge is -2.32. The number of benzene rings is 1. The van der Waals surface area contributed by atoms with Crippen molar-refractivity contribution in [3.63, 3.8) is 0 Å². The molecule has 0 bridgehead atoms. The van der Waals surface area contributed by atoms with E-state index < -0.39 is 0 Å². The van der Waals surface area contributed by atoms with Gasteiger partial charge >= 0.3 is 0 Å². The van der Waals surface area contributed by atoms with Crippen molar-refractivity contribution in [2.24, 2.45) is 5.73 Å². The molecule has 1 aliphatic rings. The highest BCUT2D eigenvalue weighted by molar-refractivity contribution is 5.94. The number of nitrogens with zero attached hydrogens (tertiary/aromatic N) is 3. The zero-order valence-electron chi connectivity index (χ0n) is 21.0. The van der Waals surface area contributed by atoms with Gasteiger partial charge in [0.05, 0.1) is 11.9 Å². The molecule has 1 aliphatic heterocycles. The monoisotopic (exact) mass is 497 g/mol. The summed E-state index contributed by atoms with van der Waals surface area (Å²) in [5, 5.41) is 7.88. The first-order chi connectivity index (χ1) is 17.9. The largest absolute Gasteiger partial charge is 0.369 e. The quantitative estimate of drug-likeness (QED) is 0.303. The van der Waals surface area contributed by atoms with Crippen molar-refractivity contribution in [2.45, 2.75) is 32.6 Å². The van der Waals surface area contributed by atoms with Gasteiger partial charge in [-0.15, -0.1) is 0 Å². The summed E-state index contributed by atoms with van der Waals surface area (Å²) in [7, 11) is 0. The van der Waals surface area contributed by atoms with Gasteiger partial charge in [-0.1, -0.05) is 12.1 Å². The van der Waals surface area contributed by atoms with Crippen LogP contribution in [0.4, 0.5) is 23.1 Å². The minimum Gasteiger partial charge on any atom is -0.369 e. The Labute approximate surface area is 215 Å².